The molecule has 0 saturated carbocycles. The van der Waals surface area contributed by atoms with Crippen molar-refractivity contribution in [1.82, 2.24) is 4.98 Å². The smallest absolute Gasteiger partial charge is 0.147 e. The van der Waals surface area contributed by atoms with Crippen LogP contribution in [0, 0.1) is 6.92 Å². The summed E-state index contributed by atoms with van der Waals surface area (Å²) in [5, 5.41) is 3.78. The van der Waals surface area contributed by atoms with Crippen molar-refractivity contribution < 1.29 is 4.74 Å². The second-order valence-corrected chi connectivity index (χ2v) is 4.38. The molecule has 4 heteroatoms. The quantitative estimate of drug-likeness (QED) is 0.894. The molecule has 0 atom stereocenters. The summed E-state index contributed by atoms with van der Waals surface area (Å²) < 4.78 is 5.74. The number of rotatable bonds is 4. The number of ether oxygens (including phenoxy) is 1. The van der Waals surface area contributed by atoms with Gasteiger partial charge in [-0.05, 0) is 31.5 Å². The first kappa shape index (κ1) is 12.7. The SMILES string of the molecule is CCNc1cncc(Oc2cc(C)ccc2Cl)c1. The number of nitrogens with one attached hydrogen (secondary N) is 1. The van der Waals surface area contributed by atoms with Gasteiger partial charge < -0.3 is 10.1 Å². The number of aryl methyl sites for hydroxylation is 1. The highest BCUT2D eigenvalue weighted by atomic mass is 35.5. The monoisotopic (exact) mass is 262 g/mol. The van der Waals surface area contributed by atoms with Gasteiger partial charge in [-0.15, -0.1) is 0 Å². The van der Waals surface area contributed by atoms with Crippen molar-refractivity contribution in [3.05, 3.63) is 47.2 Å². The van der Waals surface area contributed by atoms with Gasteiger partial charge in [-0.1, -0.05) is 17.7 Å². The van der Waals surface area contributed by atoms with Gasteiger partial charge in [-0.25, -0.2) is 0 Å². The van der Waals surface area contributed by atoms with Crippen LogP contribution in [0.4, 0.5) is 5.69 Å². The van der Waals surface area contributed by atoms with E-state index in [1.165, 1.54) is 0 Å². The lowest BCUT2D eigenvalue weighted by molar-refractivity contribution is 0.480. The zero-order chi connectivity index (χ0) is 13.0. The summed E-state index contributed by atoms with van der Waals surface area (Å²) in [6.07, 6.45) is 3.42. The molecule has 0 spiro atoms. The lowest BCUT2D eigenvalue weighted by Gasteiger charge is -2.09. The molecular formula is C14H15ClN2O. The van der Waals surface area contributed by atoms with Crippen LogP contribution in [0.15, 0.2) is 36.7 Å². The Kier molecular flexibility index (Phi) is 4.05. The summed E-state index contributed by atoms with van der Waals surface area (Å²) in [7, 11) is 0. The minimum atomic E-state index is 0.592. The van der Waals surface area contributed by atoms with Gasteiger partial charge in [0.2, 0.25) is 0 Å². The predicted molar refractivity (Wildman–Crippen MR) is 74.7 cm³/mol. The summed E-state index contributed by atoms with van der Waals surface area (Å²) in [6, 6.07) is 7.58. The summed E-state index contributed by atoms with van der Waals surface area (Å²) in [6.45, 7) is 4.87. The van der Waals surface area contributed by atoms with E-state index in [2.05, 4.69) is 10.3 Å². The number of hydrogen-bond donors (Lipinski definition) is 1. The van der Waals surface area contributed by atoms with Gasteiger partial charge in [0.25, 0.3) is 0 Å². The van der Waals surface area contributed by atoms with Crippen LogP contribution in [0.2, 0.25) is 5.02 Å². The van der Waals surface area contributed by atoms with Crippen molar-refractivity contribution in [1.29, 1.82) is 0 Å². The minimum Gasteiger partial charge on any atom is -0.454 e. The minimum absolute atomic E-state index is 0.592. The van der Waals surface area contributed by atoms with Crippen LogP contribution < -0.4 is 10.1 Å². The maximum absolute atomic E-state index is 6.09. The van der Waals surface area contributed by atoms with Crippen molar-refractivity contribution in [3.8, 4) is 11.5 Å². The standard InChI is InChI=1S/C14H15ClN2O/c1-3-17-11-7-12(9-16-8-11)18-14-6-10(2)4-5-13(14)15/h4-9,17H,3H2,1-2H3. The molecule has 0 fully saturated rings. The number of halogens is 1. The Morgan fingerprint density at radius 1 is 1.28 bits per heavy atom. The molecule has 0 bridgehead atoms. The molecule has 0 saturated heterocycles. The summed E-state index contributed by atoms with van der Waals surface area (Å²) in [5.41, 5.74) is 2.03. The molecule has 3 nitrogen and oxygen atoms in total. The van der Waals surface area contributed by atoms with Crippen molar-refractivity contribution >= 4 is 17.3 Å². The van der Waals surface area contributed by atoms with Gasteiger partial charge in [0.15, 0.2) is 0 Å². The van der Waals surface area contributed by atoms with Crippen LogP contribution in [0.5, 0.6) is 11.5 Å². The molecule has 0 amide bonds. The zero-order valence-electron chi connectivity index (χ0n) is 10.4. The van der Waals surface area contributed by atoms with Gasteiger partial charge in [-0.2, -0.15) is 0 Å². The van der Waals surface area contributed by atoms with E-state index in [0.29, 0.717) is 16.5 Å². The maximum Gasteiger partial charge on any atom is 0.147 e. The normalized spacial score (nSPS) is 10.2. The lowest BCUT2D eigenvalue weighted by atomic mass is 10.2. The Bertz CT molecular complexity index is 543. The van der Waals surface area contributed by atoms with Crippen LogP contribution in [0.1, 0.15) is 12.5 Å². The van der Waals surface area contributed by atoms with E-state index in [1.54, 1.807) is 12.4 Å². The van der Waals surface area contributed by atoms with E-state index < -0.39 is 0 Å². The molecule has 0 aliphatic carbocycles. The number of benzene rings is 1. The van der Waals surface area contributed by atoms with Gasteiger partial charge in [0.1, 0.15) is 11.5 Å². The summed E-state index contributed by atoms with van der Waals surface area (Å²) in [4.78, 5) is 4.12. The van der Waals surface area contributed by atoms with E-state index in [9.17, 15) is 0 Å². The van der Waals surface area contributed by atoms with Crippen LogP contribution in [-0.4, -0.2) is 11.5 Å². The van der Waals surface area contributed by atoms with Crippen LogP contribution in [0.3, 0.4) is 0 Å². The molecule has 1 aromatic carbocycles. The molecule has 0 radical (unpaired) electrons. The number of nitrogens with zero attached hydrogens (tertiary/aromatic N) is 1. The molecule has 1 aromatic heterocycles. The van der Waals surface area contributed by atoms with Crippen molar-refractivity contribution in [2.45, 2.75) is 13.8 Å². The molecule has 18 heavy (non-hydrogen) atoms. The first-order valence-electron chi connectivity index (χ1n) is 5.82. The Morgan fingerprint density at radius 2 is 2.11 bits per heavy atom. The average Bonchev–Trinajstić information content (AvgIpc) is 2.35. The molecule has 94 valence electrons. The van der Waals surface area contributed by atoms with Gasteiger partial charge in [-0.3, -0.25) is 4.98 Å². The Balaban J connectivity index is 2.22. The summed E-state index contributed by atoms with van der Waals surface area (Å²) in [5.74, 6) is 1.31. The number of hydrogen-bond acceptors (Lipinski definition) is 3. The third-order valence-corrected chi connectivity index (χ3v) is 2.72. The van der Waals surface area contributed by atoms with Gasteiger partial charge in [0.05, 0.1) is 23.1 Å². The third-order valence-electron chi connectivity index (χ3n) is 2.41. The predicted octanol–water partition coefficient (Wildman–Crippen LogP) is 4.27. The lowest BCUT2D eigenvalue weighted by Crippen LogP contribution is -1.97. The van der Waals surface area contributed by atoms with Crippen molar-refractivity contribution in [2.24, 2.45) is 0 Å². The van der Waals surface area contributed by atoms with E-state index in [-0.39, 0.29) is 0 Å². The van der Waals surface area contributed by atoms with Gasteiger partial charge >= 0.3 is 0 Å². The first-order valence-corrected chi connectivity index (χ1v) is 6.19. The fourth-order valence-electron chi connectivity index (χ4n) is 1.59. The molecule has 1 N–H and O–H groups in total. The fourth-order valence-corrected chi connectivity index (χ4v) is 1.75. The van der Waals surface area contributed by atoms with E-state index in [4.69, 9.17) is 16.3 Å². The largest absolute Gasteiger partial charge is 0.454 e. The highest BCUT2D eigenvalue weighted by Crippen LogP contribution is 2.30. The van der Waals surface area contributed by atoms with Crippen LogP contribution >= 0.6 is 11.6 Å². The van der Waals surface area contributed by atoms with Crippen LogP contribution in [0.25, 0.3) is 0 Å². The van der Waals surface area contributed by atoms with E-state index >= 15 is 0 Å². The fraction of sp³-hybridized carbons (Fsp3) is 0.214. The molecule has 2 aromatic rings. The number of aromatic nitrogens is 1. The zero-order valence-corrected chi connectivity index (χ0v) is 11.2. The maximum atomic E-state index is 6.09. The second-order valence-electron chi connectivity index (χ2n) is 3.98. The Labute approximate surface area is 112 Å². The molecular weight excluding hydrogens is 248 g/mol. The number of pyridine rings is 1. The molecule has 0 aliphatic rings. The van der Waals surface area contributed by atoms with Crippen molar-refractivity contribution in [3.63, 3.8) is 0 Å². The molecule has 0 aliphatic heterocycles. The highest BCUT2D eigenvalue weighted by Gasteiger charge is 2.04. The third kappa shape index (κ3) is 3.14. The Morgan fingerprint density at radius 3 is 2.89 bits per heavy atom. The molecule has 2 rings (SSSR count). The van der Waals surface area contributed by atoms with Crippen molar-refractivity contribution in [2.75, 3.05) is 11.9 Å². The Hall–Kier alpha value is -1.74. The van der Waals surface area contributed by atoms with E-state index in [1.807, 2.05) is 38.1 Å². The summed E-state index contributed by atoms with van der Waals surface area (Å²) >= 11 is 6.09. The number of anilines is 1. The van der Waals surface area contributed by atoms with Crippen LogP contribution in [-0.2, 0) is 0 Å². The van der Waals surface area contributed by atoms with E-state index in [0.717, 1.165) is 17.8 Å². The second kappa shape index (κ2) is 5.74. The van der Waals surface area contributed by atoms with Gasteiger partial charge in [0, 0.05) is 12.6 Å². The molecule has 1 heterocycles. The highest BCUT2D eigenvalue weighted by molar-refractivity contribution is 6.32. The molecule has 0 unspecified atom stereocenters. The topological polar surface area (TPSA) is 34.2 Å². The first-order chi connectivity index (χ1) is 8.69. The average molecular weight is 263 g/mol.